The summed E-state index contributed by atoms with van der Waals surface area (Å²) in [4.78, 5) is 0. The molecule has 0 spiro atoms. The van der Waals surface area contributed by atoms with E-state index in [1.165, 1.54) is 12.1 Å². The summed E-state index contributed by atoms with van der Waals surface area (Å²) >= 11 is 0. The summed E-state index contributed by atoms with van der Waals surface area (Å²) in [5.41, 5.74) is 1.12. The molecule has 1 aromatic carbocycles. The number of hydrogen-bond donors (Lipinski definition) is 0. The monoisotopic (exact) mass is 302 g/mol. The van der Waals surface area contributed by atoms with Crippen molar-refractivity contribution >= 4 is 0 Å². The summed E-state index contributed by atoms with van der Waals surface area (Å²) < 4.78 is 46.2. The number of halogens is 3. The van der Waals surface area contributed by atoms with Crippen LogP contribution in [0.2, 0.25) is 0 Å². The minimum atomic E-state index is -4.65. The van der Waals surface area contributed by atoms with Gasteiger partial charge in [0.1, 0.15) is 5.75 Å². The quantitative estimate of drug-likeness (QED) is 0.760. The Morgan fingerprint density at radius 3 is 2.24 bits per heavy atom. The standard InChI is InChI=1S/C16H21F3O2/c1-15(2,3)10-13-8-9-14(20-13)11-4-6-12(7-5-11)21-16(17,18)19/h4-7,13-14H,8-10H2,1-3H3/t13-,14+/m0/s1. The van der Waals surface area contributed by atoms with Crippen molar-refractivity contribution in [2.24, 2.45) is 5.41 Å². The Balaban J connectivity index is 1.94. The molecule has 1 aliphatic rings. The molecule has 1 saturated heterocycles. The van der Waals surface area contributed by atoms with Crippen molar-refractivity contribution in [2.45, 2.75) is 58.6 Å². The second-order valence-electron chi connectivity index (χ2n) is 6.71. The summed E-state index contributed by atoms with van der Waals surface area (Å²) in [6.07, 6.45) is -1.58. The molecule has 0 unspecified atom stereocenters. The van der Waals surface area contributed by atoms with Crippen LogP contribution in [0.5, 0.6) is 5.75 Å². The highest BCUT2D eigenvalue weighted by Crippen LogP contribution is 2.38. The van der Waals surface area contributed by atoms with E-state index in [1.54, 1.807) is 12.1 Å². The average Bonchev–Trinajstić information content (AvgIpc) is 2.74. The Hall–Kier alpha value is -1.23. The van der Waals surface area contributed by atoms with Crippen LogP contribution in [0.4, 0.5) is 13.2 Å². The lowest BCUT2D eigenvalue weighted by Crippen LogP contribution is -2.17. The van der Waals surface area contributed by atoms with Crippen LogP contribution in [0.3, 0.4) is 0 Å². The molecule has 2 atom stereocenters. The van der Waals surface area contributed by atoms with Gasteiger partial charge in [-0.25, -0.2) is 0 Å². The molecule has 118 valence electrons. The number of ether oxygens (including phenoxy) is 2. The maximum atomic E-state index is 12.1. The van der Waals surface area contributed by atoms with E-state index in [2.05, 4.69) is 25.5 Å². The van der Waals surface area contributed by atoms with Crippen molar-refractivity contribution in [3.8, 4) is 5.75 Å². The van der Waals surface area contributed by atoms with E-state index in [0.29, 0.717) is 0 Å². The van der Waals surface area contributed by atoms with Gasteiger partial charge in [-0.1, -0.05) is 32.9 Å². The topological polar surface area (TPSA) is 18.5 Å². The molecule has 1 aromatic rings. The van der Waals surface area contributed by atoms with Crippen molar-refractivity contribution in [3.63, 3.8) is 0 Å². The Kier molecular flexibility index (Phi) is 4.51. The molecular weight excluding hydrogens is 281 g/mol. The minimum absolute atomic E-state index is 0.0303. The van der Waals surface area contributed by atoms with Gasteiger partial charge >= 0.3 is 6.36 Å². The van der Waals surface area contributed by atoms with Gasteiger partial charge in [0, 0.05) is 0 Å². The van der Waals surface area contributed by atoms with Crippen molar-refractivity contribution in [2.75, 3.05) is 0 Å². The Morgan fingerprint density at radius 2 is 1.71 bits per heavy atom. The number of rotatable bonds is 3. The van der Waals surface area contributed by atoms with Crippen LogP contribution in [0.25, 0.3) is 0 Å². The Morgan fingerprint density at radius 1 is 1.10 bits per heavy atom. The van der Waals surface area contributed by atoms with Gasteiger partial charge in [0.2, 0.25) is 0 Å². The lowest BCUT2D eigenvalue weighted by molar-refractivity contribution is -0.274. The lowest BCUT2D eigenvalue weighted by atomic mass is 9.88. The predicted octanol–water partition coefficient (Wildman–Crippen LogP) is 5.24. The van der Waals surface area contributed by atoms with Gasteiger partial charge in [-0.2, -0.15) is 0 Å². The fourth-order valence-corrected chi connectivity index (χ4v) is 2.67. The first kappa shape index (κ1) is 16.1. The molecule has 1 heterocycles. The third-order valence-electron chi connectivity index (χ3n) is 3.43. The zero-order valence-corrected chi connectivity index (χ0v) is 12.5. The molecule has 5 heteroatoms. The predicted molar refractivity (Wildman–Crippen MR) is 74.0 cm³/mol. The zero-order chi connectivity index (χ0) is 15.7. The molecular formula is C16H21F3O2. The lowest BCUT2D eigenvalue weighted by Gasteiger charge is -2.23. The van der Waals surface area contributed by atoms with Crippen molar-refractivity contribution in [3.05, 3.63) is 29.8 Å². The summed E-state index contributed by atoms with van der Waals surface area (Å²) in [5, 5.41) is 0. The molecule has 0 aromatic heterocycles. The van der Waals surface area contributed by atoms with E-state index in [1.807, 2.05) is 0 Å². The summed E-state index contributed by atoms with van der Waals surface area (Å²) in [6, 6.07) is 5.96. The van der Waals surface area contributed by atoms with E-state index in [0.717, 1.165) is 24.8 Å². The fraction of sp³-hybridized carbons (Fsp3) is 0.625. The number of alkyl halides is 3. The highest BCUT2D eigenvalue weighted by Gasteiger charge is 2.32. The summed E-state index contributed by atoms with van der Waals surface area (Å²) in [6.45, 7) is 6.52. The minimum Gasteiger partial charge on any atom is -0.406 e. The molecule has 0 amide bonds. The summed E-state index contributed by atoms with van der Waals surface area (Å²) in [7, 11) is 0. The molecule has 21 heavy (non-hydrogen) atoms. The highest BCUT2D eigenvalue weighted by molar-refractivity contribution is 5.29. The normalized spacial score (nSPS) is 23.3. The molecule has 0 bridgehead atoms. The second-order valence-corrected chi connectivity index (χ2v) is 6.71. The Labute approximate surface area is 123 Å². The molecule has 0 N–H and O–H groups in total. The number of benzene rings is 1. The van der Waals surface area contributed by atoms with Crippen LogP contribution in [0, 0.1) is 5.41 Å². The van der Waals surface area contributed by atoms with E-state index in [9.17, 15) is 13.2 Å². The zero-order valence-electron chi connectivity index (χ0n) is 12.5. The smallest absolute Gasteiger partial charge is 0.406 e. The molecule has 0 aliphatic carbocycles. The third kappa shape index (κ3) is 5.23. The average molecular weight is 302 g/mol. The maximum absolute atomic E-state index is 12.1. The molecule has 2 rings (SSSR count). The summed E-state index contributed by atoms with van der Waals surface area (Å²) in [5.74, 6) is -0.199. The van der Waals surface area contributed by atoms with Gasteiger partial charge in [0.05, 0.1) is 12.2 Å². The van der Waals surface area contributed by atoms with Crippen molar-refractivity contribution in [1.29, 1.82) is 0 Å². The van der Waals surface area contributed by atoms with Crippen LogP contribution >= 0.6 is 0 Å². The maximum Gasteiger partial charge on any atom is 0.573 e. The van der Waals surface area contributed by atoms with E-state index < -0.39 is 6.36 Å². The van der Waals surface area contributed by atoms with Gasteiger partial charge in [-0.15, -0.1) is 13.2 Å². The molecule has 0 saturated carbocycles. The van der Waals surface area contributed by atoms with Crippen LogP contribution < -0.4 is 4.74 Å². The van der Waals surface area contributed by atoms with E-state index in [4.69, 9.17) is 4.74 Å². The first-order valence-electron chi connectivity index (χ1n) is 7.13. The third-order valence-corrected chi connectivity index (χ3v) is 3.43. The largest absolute Gasteiger partial charge is 0.573 e. The highest BCUT2D eigenvalue weighted by atomic mass is 19.4. The van der Waals surface area contributed by atoms with Gasteiger partial charge < -0.3 is 9.47 Å². The molecule has 0 radical (unpaired) electrons. The van der Waals surface area contributed by atoms with Gasteiger partial charge in [0.25, 0.3) is 0 Å². The van der Waals surface area contributed by atoms with E-state index in [-0.39, 0.29) is 23.4 Å². The van der Waals surface area contributed by atoms with Crippen molar-refractivity contribution in [1.82, 2.24) is 0 Å². The SMILES string of the molecule is CC(C)(C)C[C@@H]1CC[C@H](c2ccc(OC(F)(F)F)cc2)O1. The Bertz CT molecular complexity index is 460. The van der Waals surface area contributed by atoms with Gasteiger partial charge in [-0.3, -0.25) is 0 Å². The van der Waals surface area contributed by atoms with Gasteiger partial charge in [-0.05, 0) is 42.4 Å². The fourth-order valence-electron chi connectivity index (χ4n) is 2.67. The van der Waals surface area contributed by atoms with Crippen LogP contribution in [0.1, 0.15) is 51.7 Å². The molecule has 2 nitrogen and oxygen atoms in total. The first-order chi connectivity index (χ1) is 9.62. The van der Waals surface area contributed by atoms with Crippen LogP contribution in [-0.4, -0.2) is 12.5 Å². The first-order valence-corrected chi connectivity index (χ1v) is 7.13. The second kappa shape index (κ2) is 5.87. The molecule has 1 fully saturated rings. The molecule has 1 aliphatic heterocycles. The van der Waals surface area contributed by atoms with Crippen molar-refractivity contribution < 1.29 is 22.6 Å². The van der Waals surface area contributed by atoms with Crippen LogP contribution in [0.15, 0.2) is 24.3 Å². The van der Waals surface area contributed by atoms with Gasteiger partial charge in [0.15, 0.2) is 0 Å². The number of hydrogen-bond acceptors (Lipinski definition) is 2. The van der Waals surface area contributed by atoms with E-state index >= 15 is 0 Å². The van der Waals surface area contributed by atoms with Crippen LogP contribution in [-0.2, 0) is 4.74 Å².